The summed E-state index contributed by atoms with van der Waals surface area (Å²) >= 11 is 0. The SMILES string of the molecule is C=C(C)C(=O)OCC(CCC1CCC(CCCCc2ccc(CCCCC)cc2)CC1)COC. The fourth-order valence-electron chi connectivity index (χ4n) is 5.26. The molecule has 2 rings (SSSR count). The number of carbonyl (C=O) groups excluding carboxylic acids is 1. The number of aryl methyl sites for hydroxylation is 2. The van der Waals surface area contributed by atoms with E-state index >= 15 is 0 Å². The van der Waals surface area contributed by atoms with E-state index in [1.165, 1.54) is 94.6 Å². The van der Waals surface area contributed by atoms with E-state index in [1.807, 2.05) is 0 Å². The van der Waals surface area contributed by atoms with E-state index < -0.39 is 0 Å². The Balaban J connectivity index is 1.56. The Morgan fingerprint density at radius 3 is 2.00 bits per heavy atom. The predicted octanol–water partition coefficient (Wildman–Crippen LogP) is 8.10. The second-order valence-corrected chi connectivity index (χ2v) is 10.7. The summed E-state index contributed by atoms with van der Waals surface area (Å²) in [7, 11) is 1.72. The summed E-state index contributed by atoms with van der Waals surface area (Å²) in [5, 5.41) is 0. The molecule has 0 spiro atoms. The Kier molecular flexibility index (Phi) is 14.2. The molecule has 0 radical (unpaired) electrons. The lowest BCUT2D eigenvalue weighted by molar-refractivity contribution is -0.140. The first-order valence-electron chi connectivity index (χ1n) is 13.9. The van der Waals surface area contributed by atoms with Crippen LogP contribution in [0.15, 0.2) is 36.4 Å². The van der Waals surface area contributed by atoms with Crippen LogP contribution in [0.25, 0.3) is 0 Å². The summed E-state index contributed by atoms with van der Waals surface area (Å²) in [5.41, 5.74) is 3.46. The van der Waals surface area contributed by atoms with E-state index in [1.54, 1.807) is 14.0 Å². The molecule has 1 unspecified atom stereocenters. The first kappa shape index (κ1) is 28.6. The molecule has 1 aliphatic rings. The van der Waals surface area contributed by atoms with Crippen molar-refractivity contribution < 1.29 is 14.3 Å². The molecule has 1 fully saturated rings. The van der Waals surface area contributed by atoms with E-state index in [4.69, 9.17) is 9.47 Å². The Bertz CT molecular complexity index is 685. The molecule has 0 saturated heterocycles. The van der Waals surface area contributed by atoms with E-state index in [0.29, 0.717) is 18.8 Å². The second-order valence-electron chi connectivity index (χ2n) is 10.7. The van der Waals surface area contributed by atoms with Crippen molar-refractivity contribution in [2.24, 2.45) is 17.8 Å². The van der Waals surface area contributed by atoms with Crippen molar-refractivity contribution >= 4 is 5.97 Å². The lowest BCUT2D eigenvalue weighted by atomic mass is 9.77. The van der Waals surface area contributed by atoms with Gasteiger partial charge in [-0.05, 0) is 68.4 Å². The quantitative estimate of drug-likeness (QED) is 0.131. The molecular weight excluding hydrogens is 420 g/mol. The molecule has 0 heterocycles. The van der Waals surface area contributed by atoms with Gasteiger partial charge in [-0.3, -0.25) is 0 Å². The zero-order valence-corrected chi connectivity index (χ0v) is 22.3. The third-order valence-corrected chi connectivity index (χ3v) is 7.57. The average Bonchev–Trinajstić information content (AvgIpc) is 2.85. The number of methoxy groups -OCH3 is 1. The monoisotopic (exact) mass is 470 g/mol. The fourth-order valence-corrected chi connectivity index (χ4v) is 5.26. The number of benzene rings is 1. The molecule has 0 bridgehead atoms. The Hall–Kier alpha value is -1.61. The highest BCUT2D eigenvalue weighted by atomic mass is 16.5. The number of unbranched alkanes of at least 4 members (excludes halogenated alkanes) is 3. The molecule has 0 aliphatic heterocycles. The smallest absolute Gasteiger partial charge is 0.333 e. The molecule has 1 aromatic carbocycles. The highest BCUT2D eigenvalue weighted by Gasteiger charge is 2.22. The van der Waals surface area contributed by atoms with Gasteiger partial charge in [0.05, 0.1) is 13.2 Å². The Morgan fingerprint density at radius 1 is 0.912 bits per heavy atom. The summed E-state index contributed by atoms with van der Waals surface area (Å²) < 4.78 is 10.7. The molecule has 0 N–H and O–H groups in total. The third-order valence-electron chi connectivity index (χ3n) is 7.57. The van der Waals surface area contributed by atoms with Crippen LogP contribution in [0.2, 0.25) is 0 Å². The van der Waals surface area contributed by atoms with Crippen molar-refractivity contribution in [1.82, 2.24) is 0 Å². The van der Waals surface area contributed by atoms with Gasteiger partial charge >= 0.3 is 5.97 Å². The van der Waals surface area contributed by atoms with Gasteiger partial charge in [-0.15, -0.1) is 0 Å². The van der Waals surface area contributed by atoms with Crippen LogP contribution in [-0.4, -0.2) is 26.3 Å². The minimum atomic E-state index is -0.291. The van der Waals surface area contributed by atoms with Crippen LogP contribution >= 0.6 is 0 Å². The molecule has 1 atom stereocenters. The highest BCUT2D eigenvalue weighted by Crippen LogP contribution is 2.35. The van der Waals surface area contributed by atoms with Crippen molar-refractivity contribution in [3.63, 3.8) is 0 Å². The van der Waals surface area contributed by atoms with Crippen molar-refractivity contribution in [2.75, 3.05) is 20.3 Å². The zero-order chi connectivity index (χ0) is 24.6. The molecule has 1 aromatic rings. The van der Waals surface area contributed by atoms with Crippen LogP contribution in [-0.2, 0) is 27.1 Å². The number of carbonyl (C=O) groups is 1. The van der Waals surface area contributed by atoms with Crippen molar-refractivity contribution in [1.29, 1.82) is 0 Å². The highest BCUT2D eigenvalue weighted by molar-refractivity contribution is 5.86. The van der Waals surface area contributed by atoms with E-state index in [0.717, 1.165) is 18.3 Å². The van der Waals surface area contributed by atoms with Gasteiger partial charge < -0.3 is 9.47 Å². The summed E-state index contributed by atoms with van der Waals surface area (Å²) in [5.74, 6) is 1.74. The number of esters is 1. The van der Waals surface area contributed by atoms with E-state index in [-0.39, 0.29) is 11.9 Å². The van der Waals surface area contributed by atoms with Crippen LogP contribution < -0.4 is 0 Å². The van der Waals surface area contributed by atoms with Crippen LogP contribution in [0.5, 0.6) is 0 Å². The summed E-state index contributed by atoms with van der Waals surface area (Å²) in [6, 6.07) is 9.38. The molecule has 1 aliphatic carbocycles. The molecule has 1 saturated carbocycles. The zero-order valence-electron chi connectivity index (χ0n) is 22.3. The van der Waals surface area contributed by atoms with Gasteiger partial charge in [-0.25, -0.2) is 4.79 Å². The van der Waals surface area contributed by atoms with Crippen molar-refractivity contribution in [2.45, 2.75) is 104 Å². The summed E-state index contributed by atoms with van der Waals surface area (Å²) in [6.07, 6.45) is 18.3. The van der Waals surface area contributed by atoms with Crippen LogP contribution in [0, 0.1) is 17.8 Å². The van der Waals surface area contributed by atoms with Gasteiger partial charge in [0, 0.05) is 18.6 Å². The normalized spacial score (nSPS) is 19.0. The van der Waals surface area contributed by atoms with Crippen LogP contribution in [0.4, 0.5) is 0 Å². The molecule has 34 heavy (non-hydrogen) atoms. The topological polar surface area (TPSA) is 35.5 Å². The van der Waals surface area contributed by atoms with Gasteiger partial charge in [0.1, 0.15) is 0 Å². The first-order chi connectivity index (χ1) is 16.5. The molecule has 3 heteroatoms. The van der Waals surface area contributed by atoms with Crippen LogP contribution in [0.1, 0.15) is 102 Å². The molecule has 0 amide bonds. The predicted molar refractivity (Wildman–Crippen MR) is 143 cm³/mol. The van der Waals surface area contributed by atoms with Gasteiger partial charge in [0.15, 0.2) is 0 Å². The number of hydrogen-bond donors (Lipinski definition) is 0. The van der Waals surface area contributed by atoms with Gasteiger partial charge in [-0.2, -0.15) is 0 Å². The fraction of sp³-hybridized carbons (Fsp3) is 0.710. The van der Waals surface area contributed by atoms with Gasteiger partial charge in [-0.1, -0.05) is 89.1 Å². The molecule has 3 nitrogen and oxygen atoms in total. The van der Waals surface area contributed by atoms with Gasteiger partial charge in [0.25, 0.3) is 0 Å². The molecule has 192 valence electrons. The lowest BCUT2D eigenvalue weighted by Gasteiger charge is -2.29. The Labute approximate surface area is 209 Å². The third kappa shape index (κ3) is 11.7. The maximum absolute atomic E-state index is 11.7. The first-order valence-corrected chi connectivity index (χ1v) is 13.9. The summed E-state index contributed by atoms with van der Waals surface area (Å²) in [4.78, 5) is 11.7. The van der Waals surface area contributed by atoms with Crippen molar-refractivity contribution in [3.05, 3.63) is 47.5 Å². The number of ether oxygens (including phenoxy) is 2. The maximum Gasteiger partial charge on any atom is 0.333 e. The molecule has 0 aromatic heterocycles. The molecular formula is C31H50O3. The number of rotatable bonds is 17. The van der Waals surface area contributed by atoms with E-state index in [9.17, 15) is 4.79 Å². The maximum atomic E-state index is 11.7. The summed E-state index contributed by atoms with van der Waals surface area (Å²) in [6.45, 7) is 8.71. The number of hydrogen-bond acceptors (Lipinski definition) is 3. The second kappa shape index (κ2) is 16.9. The standard InChI is InChI=1S/C31H50O3/c1-5-6-7-10-26-13-15-27(16-14-26)11-8-9-12-28-17-19-29(20-18-28)21-22-30(23-33-4)24-34-31(32)25(2)3/h13-16,28-30H,2,5-12,17-24H2,1,3-4H3. The Morgan fingerprint density at radius 2 is 1.47 bits per heavy atom. The largest absolute Gasteiger partial charge is 0.462 e. The van der Waals surface area contributed by atoms with Gasteiger partial charge in [0.2, 0.25) is 0 Å². The van der Waals surface area contributed by atoms with E-state index in [2.05, 4.69) is 37.8 Å². The average molecular weight is 471 g/mol. The van der Waals surface area contributed by atoms with Crippen molar-refractivity contribution in [3.8, 4) is 0 Å². The lowest BCUT2D eigenvalue weighted by Crippen LogP contribution is -2.21. The van der Waals surface area contributed by atoms with Crippen LogP contribution in [0.3, 0.4) is 0 Å². The minimum Gasteiger partial charge on any atom is -0.462 e. The minimum absolute atomic E-state index is 0.288.